The van der Waals surface area contributed by atoms with Gasteiger partial charge in [-0.15, -0.1) is 11.8 Å². The Hall–Kier alpha value is -3.59. The third-order valence-corrected chi connectivity index (χ3v) is 5.48. The number of nitrogens with zero attached hydrogens (tertiary/aromatic N) is 2. The monoisotopic (exact) mass is 438 g/mol. The van der Waals surface area contributed by atoms with Crippen LogP contribution in [-0.2, 0) is 17.1 Å². The molecule has 0 aliphatic carbocycles. The third kappa shape index (κ3) is 4.77. The molecule has 9 heteroatoms. The van der Waals surface area contributed by atoms with Gasteiger partial charge in [0.1, 0.15) is 17.9 Å². The Balaban J connectivity index is 1.51. The van der Waals surface area contributed by atoms with E-state index in [0.717, 1.165) is 4.90 Å². The summed E-state index contributed by atoms with van der Waals surface area (Å²) in [5, 5.41) is 4.43. The molecule has 2 aromatic carbocycles. The minimum Gasteiger partial charge on any atom is -0.497 e. The normalized spacial score (nSPS) is 10.9. The van der Waals surface area contributed by atoms with Crippen LogP contribution in [0.5, 0.6) is 5.75 Å². The zero-order valence-corrected chi connectivity index (χ0v) is 17.6. The van der Waals surface area contributed by atoms with Crippen molar-refractivity contribution >= 4 is 28.7 Å². The van der Waals surface area contributed by atoms with Crippen molar-refractivity contribution < 1.29 is 23.2 Å². The molecule has 0 atom stereocenters. The number of thioether (sulfide) groups is 1. The zero-order valence-electron chi connectivity index (χ0n) is 16.8. The van der Waals surface area contributed by atoms with E-state index in [1.54, 1.807) is 37.3 Å². The summed E-state index contributed by atoms with van der Waals surface area (Å²) in [6.07, 6.45) is 0. The highest BCUT2D eigenvalue weighted by Gasteiger charge is 2.16. The number of ether oxygens (including phenoxy) is 2. The molecule has 0 aliphatic rings. The molecule has 8 nitrogen and oxygen atoms in total. The summed E-state index contributed by atoms with van der Waals surface area (Å²) in [7, 11) is 1.53. The maximum atomic E-state index is 12.8. The van der Waals surface area contributed by atoms with Gasteiger partial charge in [0.15, 0.2) is 5.82 Å². The molecule has 4 aromatic rings. The molecule has 0 unspecified atom stereocenters. The minimum absolute atomic E-state index is 0.0743. The van der Waals surface area contributed by atoms with Crippen molar-refractivity contribution in [2.45, 2.75) is 24.2 Å². The first-order valence-electron chi connectivity index (χ1n) is 9.32. The van der Waals surface area contributed by atoms with Crippen LogP contribution in [0, 0.1) is 6.92 Å². The van der Waals surface area contributed by atoms with Crippen molar-refractivity contribution in [3.8, 4) is 5.75 Å². The van der Waals surface area contributed by atoms with Crippen LogP contribution in [0.4, 0.5) is 0 Å². The highest BCUT2D eigenvalue weighted by Crippen LogP contribution is 2.27. The van der Waals surface area contributed by atoms with Crippen LogP contribution in [0.2, 0.25) is 0 Å². The van der Waals surface area contributed by atoms with Gasteiger partial charge < -0.3 is 18.4 Å². The molecule has 0 radical (unpaired) electrons. The molecule has 31 heavy (non-hydrogen) atoms. The SMILES string of the molecule is COc1ccc2c(COC(=O)c3ccccc3SCc3nc(C)no3)cc(=O)oc2c1. The van der Waals surface area contributed by atoms with Crippen LogP contribution in [-0.4, -0.2) is 23.2 Å². The van der Waals surface area contributed by atoms with Gasteiger partial charge in [0.25, 0.3) is 0 Å². The Morgan fingerprint density at radius 1 is 1.16 bits per heavy atom. The number of hydrogen-bond donors (Lipinski definition) is 0. The summed E-state index contributed by atoms with van der Waals surface area (Å²) in [5.74, 6) is 1.52. The number of hydrogen-bond acceptors (Lipinski definition) is 9. The Labute approximate surface area is 181 Å². The molecule has 0 amide bonds. The lowest BCUT2D eigenvalue weighted by Crippen LogP contribution is -2.09. The molecule has 2 heterocycles. The van der Waals surface area contributed by atoms with Crippen LogP contribution >= 0.6 is 11.8 Å². The fourth-order valence-corrected chi connectivity index (χ4v) is 3.85. The summed E-state index contributed by atoms with van der Waals surface area (Å²) in [6, 6.07) is 13.6. The molecule has 158 valence electrons. The van der Waals surface area contributed by atoms with E-state index in [-0.39, 0.29) is 6.61 Å². The quantitative estimate of drug-likeness (QED) is 0.239. The average Bonchev–Trinajstić information content (AvgIpc) is 3.20. The lowest BCUT2D eigenvalue weighted by atomic mass is 10.1. The second-order valence-corrected chi connectivity index (χ2v) is 7.57. The van der Waals surface area contributed by atoms with Gasteiger partial charge in [-0.1, -0.05) is 17.3 Å². The van der Waals surface area contributed by atoms with E-state index in [4.69, 9.17) is 18.4 Å². The van der Waals surface area contributed by atoms with Gasteiger partial charge in [-0.25, -0.2) is 9.59 Å². The van der Waals surface area contributed by atoms with E-state index < -0.39 is 11.6 Å². The third-order valence-electron chi connectivity index (χ3n) is 4.42. The predicted molar refractivity (Wildman–Crippen MR) is 113 cm³/mol. The fraction of sp³-hybridized carbons (Fsp3) is 0.182. The highest BCUT2D eigenvalue weighted by molar-refractivity contribution is 7.98. The summed E-state index contributed by atoms with van der Waals surface area (Å²) < 4.78 is 21.0. The molecule has 0 bridgehead atoms. The zero-order chi connectivity index (χ0) is 21.8. The predicted octanol–water partition coefficient (Wildman–Crippen LogP) is 4.14. The Bertz CT molecular complexity index is 1300. The van der Waals surface area contributed by atoms with E-state index in [1.807, 2.05) is 12.1 Å². The molecule has 0 spiro atoms. The summed E-state index contributed by atoms with van der Waals surface area (Å²) in [4.78, 5) is 29.6. The number of esters is 1. The number of methoxy groups -OCH3 is 1. The van der Waals surface area contributed by atoms with Crippen LogP contribution in [0.1, 0.15) is 27.6 Å². The van der Waals surface area contributed by atoms with E-state index in [9.17, 15) is 9.59 Å². The summed E-state index contributed by atoms with van der Waals surface area (Å²) in [6.45, 7) is 1.67. The number of fused-ring (bicyclic) bond motifs is 1. The number of aryl methyl sites for hydroxylation is 1. The number of carbonyl (C=O) groups is 1. The van der Waals surface area contributed by atoms with E-state index in [0.29, 0.717) is 45.3 Å². The molecule has 0 aliphatic heterocycles. The smallest absolute Gasteiger partial charge is 0.339 e. The second kappa shape index (κ2) is 9.05. The van der Waals surface area contributed by atoms with Crippen molar-refractivity contribution in [2.24, 2.45) is 0 Å². The molecular formula is C22H18N2O6S. The van der Waals surface area contributed by atoms with Gasteiger partial charge in [0, 0.05) is 28.0 Å². The lowest BCUT2D eigenvalue weighted by Gasteiger charge is -2.10. The van der Waals surface area contributed by atoms with Crippen molar-refractivity contribution in [1.29, 1.82) is 0 Å². The van der Waals surface area contributed by atoms with Crippen LogP contribution in [0.25, 0.3) is 11.0 Å². The largest absolute Gasteiger partial charge is 0.497 e. The van der Waals surface area contributed by atoms with Crippen molar-refractivity contribution in [3.05, 3.63) is 81.8 Å². The van der Waals surface area contributed by atoms with Crippen LogP contribution in [0.3, 0.4) is 0 Å². The standard InChI is InChI=1S/C22H18N2O6S/c1-13-23-20(30-24-13)12-31-19-6-4-3-5-17(19)22(26)28-11-14-9-21(25)29-18-10-15(27-2)7-8-16(14)18/h3-10H,11-12H2,1-2H3. The molecular weight excluding hydrogens is 420 g/mol. The molecule has 0 N–H and O–H groups in total. The first-order chi connectivity index (χ1) is 15.0. The molecule has 4 rings (SSSR count). The Morgan fingerprint density at radius 2 is 2.00 bits per heavy atom. The van der Waals surface area contributed by atoms with Crippen molar-refractivity contribution in [3.63, 3.8) is 0 Å². The van der Waals surface area contributed by atoms with Gasteiger partial charge in [-0.3, -0.25) is 0 Å². The van der Waals surface area contributed by atoms with Gasteiger partial charge in [-0.05, 0) is 31.2 Å². The van der Waals surface area contributed by atoms with Crippen LogP contribution in [0.15, 0.2) is 67.2 Å². The van der Waals surface area contributed by atoms with Gasteiger partial charge in [0.2, 0.25) is 5.89 Å². The Kier molecular flexibility index (Phi) is 6.03. The maximum absolute atomic E-state index is 12.8. The van der Waals surface area contributed by atoms with E-state index in [2.05, 4.69) is 10.1 Å². The second-order valence-electron chi connectivity index (χ2n) is 6.55. The summed E-state index contributed by atoms with van der Waals surface area (Å²) >= 11 is 1.40. The number of carbonyl (C=O) groups excluding carboxylic acids is 1. The molecule has 0 saturated heterocycles. The number of benzene rings is 2. The van der Waals surface area contributed by atoms with Crippen molar-refractivity contribution in [1.82, 2.24) is 10.1 Å². The van der Waals surface area contributed by atoms with Crippen molar-refractivity contribution in [2.75, 3.05) is 7.11 Å². The van der Waals surface area contributed by atoms with Crippen LogP contribution < -0.4 is 10.4 Å². The molecule has 0 saturated carbocycles. The average molecular weight is 438 g/mol. The minimum atomic E-state index is -0.530. The molecule has 0 fully saturated rings. The van der Waals surface area contributed by atoms with Gasteiger partial charge in [-0.2, -0.15) is 4.98 Å². The fourth-order valence-electron chi connectivity index (χ4n) is 2.98. The van der Waals surface area contributed by atoms with E-state index >= 15 is 0 Å². The van der Waals surface area contributed by atoms with Gasteiger partial charge >= 0.3 is 11.6 Å². The first kappa shape index (κ1) is 20.7. The van der Waals surface area contributed by atoms with E-state index in [1.165, 1.54) is 24.9 Å². The summed E-state index contributed by atoms with van der Waals surface area (Å²) in [5.41, 5.74) is 0.799. The van der Waals surface area contributed by atoms with Gasteiger partial charge in [0.05, 0.1) is 18.4 Å². The number of aromatic nitrogens is 2. The Morgan fingerprint density at radius 3 is 2.77 bits per heavy atom. The maximum Gasteiger partial charge on any atom is 0.339 e. The molecule has 2 aromatic heterocycles. The lowest BCUT2D eigenvalue weighted by molar-refractivity contribution is 0.0469. The number of rotatable bonds is 7. The topological polar surface area (TPSA) is 105 Å². The first-order valence-corrected chi connectivity index (χ1v) is 10.3. The highest BCUT2D eigenvalue weighted by atomic mass is 32.2.